The predicted octanol–water partition coefficient (Wildman–Crippen LogP) is 21.0. The summed E-state index contributed by atoms with van der Waals surface area (Å²) in [5.41, 5.74) is 0. The quantitative estimate of drug-likeness (QED) is 0.0205. The molecule has 0 aliphatic rings. The topological polar surface area (TPSA) is 111 Å². The summed E-state index contributed by atoms with van der Waals surface area (Å²) in [6.45, 7) is 6.89. The Bertz CT molecular complexity index is 1640. The van der Waals surface area contributed by atoms with Crippen molar-refractivity contribution in [2.24, 2.45) is 0 Å². The molecule has 3 atom stereocenters. The number of allylic oxidation sites excluding steroid dienone is 13. The minimum atomic E-state index is -4.46. The normalized spacial score (nSPS) is 14.1. The number of likely N-dealkylation sites (N-methyl/N-ethyl adjacent to an activating group) is 1. The zero-order valence-electron chi connectivity index (χ0n) is 53.1. The van der Waals surface area contributed by atoms with E-state index in [1.54, 1.807) is 0 Å². The molecule has 464 valence electrons. The first-order chi connectivity index (χ1) is 38.9. The Morgan fingerprint density at radius 1 is 0.450 bits per heavy atom. The van der Waals surface area contributed by atoms with Gasteiger partial charge in [0.1, 0.15) is 19.3 Å². The van der Waals surface area contributed by atoms with Crippen LogP contribution in [0.3, 0.4) is 0 Å². The van der Waals surface area contributed by atoms with Crippen molar-refractivity contribution in [3.05, 3.63) is 85.1 Å². The molecular weight excluding hydrogens is 1010 g/mol. The van der Waals surface area contributed by atoms with Gasteiger partial charge in [-0.3, -0.25) is 18.6 Å². The maximum absolute atomic E-state index is 13.6. The van der Waals surface area contributed by atoms with E-state index in [-0.39, 0.29) is 31.5 Å². The van der Waals surface area contributed by atoms with Gasteiger partial charge in [-0.25, -0.2) is 4.57 Å². The number of hydrogen-bond donors (Lipinski definition) is 2. The number of hydrogen-bond acceptors (Lipinski definition) is 6. The fourth-order valence-electron chi connectivity index (χ4n) is 9.47. The molecule has 0 aliphatic carbocycles. The van der Waals surface area contributed by atoms with Gasteiger partial charge in [0.05, 0.1) is 33.8 Å². The van der Waals surface area contributed by atoms with E-state index in [9.17, 15) is 19.0 Å². The van der Waals surface area contributed by atoms with E-state index in [1.165, 1.54) is 167 Å². The van der Waals surface area contributed by atoms with E-state index in [0.717, 1.165) is 89.9 Å². The smallest absolute Gasteiger partial charge is 0.456 e. The number of carbonyl (C=O) groups excluding carboxylic acids is 2. The van der Waals surface area contributed by atoms with E-state index in [4.69, 9.17) is 13.8 Å². The Morgan fingerprint density at radius 2 is 0.800 bits per heavy atom. The molecule has 0 rings (SSSR count). The molecular formula is C70H128N2O7P+. The van der Waals surface area contributed by atoms with Crippen molar-refractivity contribution in [2.45, 2.75) is 309 Å². The second-order valence-electron chi connectivity index (χ2n) is 23.6. The molecule has 0 spiro atoms. The van der Waals surface area contributed by atoms with Crippen molar-refractivity contribution in [3.63, 3.8) is 0 Å². The van der Waals surface area contributed by atoms with Crippen molar-refractivity contribution in [1.29, 1.82) is 0 Å². The third-order valence-electron chi connectivity index (χ3n) is 14.6. The van der Waals surface area contributed by atoms with Crippen molar-refractivity contribution in [1.82, 2.24) is 5.32 Å². The number of unbranched alkanes of at least 4 members (excludes halogenated alkanes) is 32. The third-order valence-corrected chi connectivity index (χ3v) is 15.6. The van der Waals surface area contributed by atoms with Gasteiger partial charge in [-0.15, -0.1) is 0 Å². The minimum Gasteiger partial charge on any atom is -0.456 e. The molecule has 0 aliphatic heterocycles. The molecule has 9 nitrogen and oxygen atoms in total. The first-order valence-corrected chi connectivity index (χ1v) is 34.9. The van der Waals surface area contributed by atoms with Gasteiger partial charge >= 0.3 is 13.8 Å². The van der Waals surface area contributed by atoms with Gasteiger partial charge in [0.25, 0.3) is 0 Å². The van der Waals surface area contributed by atoms with Crippen LogP contribution in [0.25, 0.3) is 0 Å². The summed E-state index contributed by atoms with van der Waals surface area (Å²) in [4.78, 5) is 37.8. The van der Waals surface area contributed by atoms with Crippen LogP contribution in [0.4, 0.5) is 0 Å². The minimum absolute atomic E-state index is 0.0313. The van der Waals surface area contributed by atoms with Crippen molar-refractivity contribution >= 4 is 19.7 Å². The molecule has 0 saturated carbocycles. The molecule has 10 heteroatoms. The Kier molecular flexibility index (Phi) is 57.3. The fraction of sp³-hybridized carbons (Fsp3) is 0.771. The van der Waals surface area contributed by atoms with Crippen LogP contribution < -0.4 is 5.32 Å². The lowest BCUT2D eigenvalue weighted by Crippen LogP contribution is -2.47. The Hall–Kier alpha value is -2.81. The lowest BCUT2D eigenvalue weighted by atomic mass is 10.0. The van der Waals surface area contributed by atoms with Crippen LogP contribution in [-0.4, -0.2) is 74.3 Å². The average molecular weight is 1140 g/mol. The SMILES string of the molecule is CC/C=C\C/C=C\C/C=C\C/C=C\C/C=C\C/C=C\CCCCC(=O)OC(/C=C/CCCCCCCCCCCC)C(COP(=O)(O)OCC[N+](C)(C)C)NC(=O)CCCCCCCCCCCCCCCCCCCCCCC. The average Bonchev–Trinajstić information content (AvgIpc) is 3.42. The highest BCUT2D eigenvalue weighted by atomic mass is 31.2. The van der Waals surface area contributed by atoms with Crippen LogP contribution in [0.2, 0.25) is 0 Å². The standard InChI is InChI=1S/C70H127N2O7P/c1-7-10-13-16-19-22-25-28-30-32-34-36-38-40-42-44-47-50-53-56-59-62-69(73)71-67(66-78-80(75,76)77-65-64-72(4,5)6)68(61-58-55-52-49-46-27-24-21-18-15-12-9-3)79-70(74)63-60-57-54-51-48-45-43-41-39-37-35-33-31-29-26-23-20-17-14-11-8-2/h11,14,20,23,29,31,35,37,41,43,48,51,58,61,67-68H,7-10,12-13,15-19,21-22,24-28,30,32-34,36,38-40,42,44-47,49-50,52-57,59-60,62-66H2,1-6H3,(H-,71,73,75,76)/p+1/b14-11-,23-20-,31-29-,37-35-,43-41-,51-48-,61-58+. The molecule has 2 N–H and O–H groups in total. The van der Waals surface area contributed by atoms with Gasteiger partial charge in [0.2, 0.25) is 5.91 Å². The van der Waals surface area contributed by atoms with E-state index in [2.05, 4.69) is 99.0 Å². The lowest BCUT2D eigenvalue weighted by molar-refractivity contribution is -0.870. The first kappa shape index (κ1) is 77.2. The van der Waals surface area contributed by atoms with Gasteiger partial charge in [-0.1, -0.05) is 286 Å². The Balaban J connectivity index is 5.23. The van der Waals surface area contributed by atoms with E-state index in [1.807, 2.05) is 33.3 Å². The molecule has 0 aromatic rings. The van der Waals surface area contributed by atoms with Gasteiger partial charge in [-0.05, 0) is 83.1 Å². The van der Waals surface area contributed by atoms with Crippen LogP contribution in [0, 0.1) is 0 Å². The molecule has 0 radical (unpaired) electrons. The number of nitrogens with one attached hydrogen (secondary N) is 1. The van der Waals surface area contributed by atoms with E-state index >= 15 is 0 Å². The monoisotopic (exact) mass is 1140 g/mol. The zero-order valence-corrected chi connectivity index (χ0v) is 54.0. The highest BCUT2D eigenvalue weighted by Crippen LogP contribution is 2.43. The summed E-state index contributed by atoms with van der Waals surface area (Å²) in [6, 6.07) is -0.869. The highest BCUT2D eigenvalue weighted by Gasteiger charge is 2.30. The lowest BCUT2D eigenvalue weighted by Gasteiger charge is -2.27. The molecule has 0 aromatic carbocycles. The molecule has 3 unspecified atom stereocenters. The van der Waals surface area contributed by atoms with Crippen LogP contribution in [0.1, 0.15) is 297 Å². The van der Waals surface area contributed by atoms with Crippen molar-refractivity contribution < 1.29 is 37.3 Å². The third kappa shape index (κ3) is 59.8. The van der Waals surface area contributed by atoms with E-state index < -0.39 is 20.0 Å². The van der Waals surface area contributed by atoms with Crippen LogP contribution in [0.5, 0.6) is 0 Å². The molecule has 0 fully saturated rings. The number of ether oxygens (including phenoxy) is 1. The van der Waals surface area contributed by atoms with Gasteiger partial charge in [-0.2, -0.15) is 0 Å². The van der Waals surface area contributed by atoms with E-state index in [0.29, 0.717) is 23.9 Å². The molecule has 0 aromatic heterocycles. The summed E-state index contributed by atoms with van der Waals surface area (Å²) in [5.74, 6) is -0.549. The largest absolute Gasteiger partial charge is 0.472 e. The molecule has 0 saturated heterocycles. The van der Waals surface area contributed by atoms with Gasteiger partial charge in [0, 0.05) is 12.8 Å². The van der Waals surface area contributed by atoms with Gasteiger partial charge < -0.3 is 19.4 Å². The second kappa shape index (κ2) is 59.4. The first-order valence-electron chi connectivity index (χ1n) is 33.4. The van der Waals surface area contributed by atoms with Crippen LogP contribution in [-0.2, 0) is 27.9 Å². The number of phosphoric ester groups is 1. The summed E-state index contributed by atoms with van der Waals surface area (Å²) in [7, 11) is 1.47. The number of phosphoric acid groups is 1. The number of carbonyl (C=O) groups is 2. The Morgan fingerprint density at radius 3 is 1.21 bits per heavy atom. The van der Waals surface area contributed by atoms with Crippen molar-refractivity contribution in [2.75, 3.05) is 40.9 Å². The molecule has 0 heterocycles. The molecule has 0 bridgehead atoms. The number of amides is 1. The maximum atomic E-state index is 13.6. The predicted molar refractivity (Wildman–Crippen MR) is 346 cm³/mol. The number of quaternary nitrogens is 1. The number of nitrogens with zero attached hydrogens (tertiary/aromatic N) is 1. The van der Waals surface area contributed by atoms with Gasteiger partial charge in [0.15, 0.2) is 0 Å². The van der Waals surface area contributed by atoms with Crippen LogP contribution >= 0.6 is 7.82 Å². The number of esters is 1. The number of rotatable bonds is 60. The molecule has 1 amide bonds. The van der Waals surface area contributed by atoms with Crippen molar-refractivity contribution in [3.8, 4) is 0 Å². The second-order valence-corrected chi connectivity index (χ2v) is 25.1. The fourth-order valence-corrected chi connectivity index (χ4v) is 10.2. The van der Waals surface area contributed by atoms with Crippen LogP contribution in [0.15, 0.2) is 85.1 Å². The highest BCUT2D eigenvalue weighted by molar-refractivity contribution is 7.47. The maximum Gasteiger partial charge on any atom is 0.472 e. The summed E-state index contributed by atoms with van der Waals surface area (Å²) < 4.78 is 30.7. The summed E-state index contributed by atoms with van der Waals surface area (Å²) >= 11 is 0. The molecule has 80 heavy (non-hydrogen) atoms. The summed E-state index contributed by atoms with van der Waals surface area (Å²) in [6.07, 6.45) is 78.8. The zero-order chi connectivity index (χ0) is 58.6. The Labute approximate surface area is 495 Å². The summed E-state index contributed by atoms with van der Waals surface area (Å²) in [5, 5.41) is 3.05.